The Hall–Kier alpha value is -1.84. The molecular weight excluding hydrogens is 280 g/mol. The molecule has 0 unspecified atom stereocenters. The van der Waals surface area contributed by atoms with Crippen molar-refractivity contribution in [1.29, 1.82) is 0 Å². The lowest BCUT2D eigenvalue weighted by Crippen LogP contribution is -2.11. The van der Waals surface area contributed by atoms with Crippen molar-refractivity contribution in [2.45, 2.75) is 51.4 Å². The summed E-state index contributed by atoms with van der Waals surface area (Å²) in [6.45, 7) is 1.02. The maximum absolute atomic E-state index is 11.7. The van der Waals surface area contributed by atoms with Gasteiger partial charge in [0.2, 0.25) is 0 Å². The molecule has 0 amide bonds. The molecule has 0 saturated heterocycles. The fourth-order valence-electron chi connectivity index (χ4n) is 2.49. The van der Waals surface area contributed by atoms with E-state index in [0.717, 1.165) is 49.7 Å². The molecule has 3 rings (SSSR count). The maximum atomic E-state index is 11.7. The standard InChI is InChI=1S/C18H24O4/c19-17-13-15-7-9-16(10-8-15)14-18(20)22-12-6-4-2-1-3-5-11-21-17/h7-10H,1-6,11-14H2. The van der Waals surface area contributed by atoms with E-state index >= 15 is 0 Å². The van der Waals surface area contributed by atoms with Crippen LogP contribution in [0, 0.1) is 0 Å². The smallest absolute Gasteiger partial charge is 0.310 e. The molecular formula is C18H24O4. The molecule has 4 nitrogen and oxygen atoms in total. The van der Waals surface area contributed by atoms with Gasteiger partial charge in [-0.25, -0.2) is 0 Å². The first-order chi connectivity index (χ1) is 10.7. The number of carbonyl (C=O) groups excluding carboxylic acids is 2. The SMILES string of the molecule is O=C1Cc2ccc(cc2)CC(=O)OCCCCCCCCO1. The van der Waals surface area contributed by atoms with E-state index < -0.39 is 0 Å². The zero-order chi connectivity index (χ0) is 15.6. The van der Waals surface area contributed by atoms with Crippen LogP contribution in [0.15, 0.2) is 24.3 Å². The fourth-order valence-corrected chi connectivity index (χ4v) is 2.49. The lowest BCUT2D eigenvalue weighted by molar-refractivity contribution is -0.144. The number of hydrogen-bond donors (Lipinski definition) is 0. The van der Waals surface area contributed by atoms with Crippen molar-refractivity contribution in [3.05, 3.63) is 35.4 Å². The average molecular weight is 304 g/mol. The van der Waals surface area contributed by atoms with Crippen LogP contribution in [-0.2, 0) is 31.9 Å². The average Bonchev–Trinajstić information content (AvgIpc) is 2.50. The molecule has 0 atom stereocenters. The molecule has 2 bridgehead atoms. The van der Waals surface area contributed by atoms with E-state index in [0.29, 0.717) is 13.2 Å². The molecule has 0 radical (unpaired) electrons. The first-order valence-corrected chi connectivity index (χ1v) is 8.13. The monoisotopic (exact) mass is 304 g/mol. The summed E-state index contributed by atoms with van der Waals surface area (Å²) in [5.74, 6) is -0.374. The first-order valence-electron chi connectivity index (χ1n) is 8.13. The summed E-state index contributed by atoms with van der Waals surface area (Å²) in [6, 6.07) is 7.47. The van der Waals surface area contributed by atoms with Crippen molar-refractivity contribution in [3.8, 4) is 0 Å². The molecule has 0 spiro atoms. The summed E-state index contributed by atoms with van der Waals surface area (Å²) in [6.07, 6.45) is 6.80. The Morgan fingerprint density at radius 3 is 1.36 bits per heavy atom. The second-order valence-corrected chi connectivity index (χ2v) is 5.73. The normalized spacial score (nSPS) is 18.9. The molecule has 120 valence electrons. The molecule has 1 aromatic carbocycles. The highest BCUT2D eigenvalue weighted by Gasteiger charge is 2.08. The molecule has 0 saturated carbocycles. The number of fused-ring (bicyclic) bond motifs is 15. The minimum absolute atomic E-state index is 0.187. The predicted octanol–water partition coefficient (Wildman–Crippen LogP) is 3.21. The van der Waals surface area contributed by atoms with Gasteiger partial charge < -0.3 is 9.47 Å². The van der Waals surface area contributed by atoms with Gasteiger partial charge in [0.05, 0.1) is 26.1 Å². The van der Waals surface area contributed by atoms with Gasteiger partial charge in [-0.05, 0) is 24.0 Å². The van der Waals surface area contributed by atoms with Crippen LogP contribution in [0.5, 0.6) is 0 Å². The number of benzene rings is 1. The molecule has 0 N–H and O–H groups in total. The molecule has 2 aliphatic heterocycles. The van der Waals surface area contributed by atoms with Crippen LogP contribution in [0.3, 0.4) is 0 Å². The van der Waals surface area contributed by atoms with Crippen molar-refractivity contribution in [2.75, 3.05) is 13.2 Å². The zero-order valence-corrected chi connectivity index (χ0v) is 13.0. The van der Waals surface area contributed by atoms with E-state index in [2.05, 4.69) is 0 Å². The Bertz CT molecular complexity index is 433. The number of esters is 2. The Balaban J connectivity index is 1.93. The van der Waals surface area contributed by atoms with Crippen LogP contribution in [-0.4, -0.2) is 25.2 Å². The third-order valence-corrected chi connectivity index (χ3v) is 3.78. The number of hydrogen-bond acceptors (Lipinski definition) is 4. The van der Waals surface area contributed by atoms with Crippen LogP contribution in [0.4, 0.5) is 0 Å². The number of rotatable bonds is 0. The van der Waals surface area contributed by atoms with Gasteiger partial charge in [0.15, 0.2) is 0 Å². The van der Waals surface area contributed by atoms with Crippen LogP contribution in [0.2, 0.25) is 0 Å². The van der Waals surface area contributed by atoms with Gasteiger partial charge in [0.1, 0.15) is 0 Å². The van der Waals surface area contributed by atoms with E-state index in [-0.39, 0.29) is 24.8 Å². The number of ether oxygens (including phenoxy) is 2. The lowest BCUT2D eigenvalue weighted by atomic mass is 10.1. The van der Waals surface area contributed by atoms with Gasteiger partial charge in [0.25, 0.3) is 0 Å². The van der Waals surface area contributed by atoms with Crippen LogP contribution < -0.4 is 0 Å². The van der Waals surface area contributed by atoms with Crippen molar-refractivity contribution < 1.29 is 19.1 Å². The Labute approximate surface area is 131 Å². The van der Waals surface area contributed by atoms with Crippen molar-refractivity contribution in [3.63, 3.8) is 0 Å². The predicted molar refractivity (Wildman–Crippen MR) is 83.5 cm³/mol. The minimum atomic E-state index is -0.187. The third kappa shape index (κ3) is 6.29. The quantitative estimate of drug-likeness (QED) is 0.691. The fraction of sp³-hybridized carbons (Fsp3) is 0.556. The van der Waals surface area contributed by atoms with Crippen molar-refractivity contribution >= 4 is 11.9 Å². The number of carbonyl (C=O) groups is 2. The summed E-state index contributed by atoms with van der Waals surface area (Å²) in [4.78, 5) is 23.4. The van der Waals surface area contributed by atoms with E-state index in [4.69, 9.17) is 9.47 Å². The van der Waals surface area contributed by atoms with E-state index in [1.54, 1.807) is 0 Å². The molecule has 0 aliphatic carbocycles. The topological polar surface area (TPSA) is 52.6 Å². The minimum Gasteiger partial charge on any atom is -0.465 e. The van der Waals surface area contributed by atoms with Gasteiger partial charge in [-0.3, -0.25) is 9.59 Å². The molecule has 0 fully saturated rings. The Morgan fingerprint density at radius 1 is 0.591 bits per heavy atom. The Kier molecular flexibility index (Phi) is 6.94. The van der Waals surface area contributed by atoms with Gasteiger partial charge in [0, 0.05) is 0 Å². The molecule has 0 aromatic heterocycles. The first kappa shape index (κ1) is 16.5. The van der Waals surface area contributed by atoms with Gasteiger partial charge in [-0.2, -0.15) is 0 Å². The van der Waals surface area contributed by atoms with Gasteiger partial charge >= 0.3 is 11.9 Å². The van der Waals surface area contributed by atoms with E-state index in [1.165, 1.54) is 0 Å². The highest BCUT2D eigenvalue weighted by atomic mass is 16.5. The summed E-state index contributed by atoms with van der Waals surface area (Å²) >= 11 is 0. The van der Waals surface area contributed by atoms with E-state index in [9.17, 15) is 9.59 Å². The molecule has 4 heteroatoms. The highest BCUT2D eigenvalue weighted by Crippen LogP contribution is 2.10. The summed E-state index contributed by atoms with van der Waals surface area (Å²) in [7, 11) is 0. The van der Waals surface area contributed by atoms with Crippen LogP contribution in [0.1, 0.15) is 49.7 Å². The second kappa shape index (κ2) is 9.23. The molecule has 1 aromatic rings. The highest BCUT2D eigenvalue weighted by molar-refractivity contribution is 5.73. The summed E-state index contributed by atoms with van der Waals surface area (Å²) in [5.41, 5.74) is 1.81. The van der Waals surface area contributed by atoms with Crippen LogP contribution in [0.25, 0.3) is 0 Å². The van der Waals surface area contributed by atoms with Gasteiger partial charge in [-0.15, -0.1) is 0 Å². The summed E-state index contributed by atoms with van der Waals surface area (Å²) < 4.78 is 10.5. The largest absolute Gasteiger partial charge is 0.465 e. The summed E-state index contributed by atoms with van der Waals surface area (Å²) in [5, 5.41) is 0. The van der Waals surface area contributed by atoms with Crippen molar-refractivity contribution in [2.24, 2.45) is 0 Å². The molecule has 2 heterocycles. The third-order valence-electron chi connectivity index (χ3n) is 3.78. The van der Waals surface area contributed by atoms with E-state index in [1.807, 2.05) is 24.3 Å². The molecule has 22 heavy (non-hydrogen) atoms. The van der Waals surface area contributed by atoms with Crippen molar-refractivity contribution in [1.82, 2.24) is 0 Å². The maximum Gasteiger partial charge on any atom is 0.310 e. The van der Waals surface area contributed by atoms with Gasteiger partial charge in [-0.1, -0.05) is 49.9 Å². The zero-order valence-electron chi connectivity index (χ0n) is 13.0. The molecule has 2 aliphatic rings. The lowest BCUT2D eigenvalue weighted by Gasteiger charge is -2.08. The Morgan fingerprint density at radius 2 is 0.955 bits per heavy atom. The second-order valence-electron chi connectivity index (χ2n) is 5.73. The van der Waals surface area contributed by atoms with Crippen LogP contribution >= 0.6 is 0 Å².